The van der Waals surface area contributed by atoms with Crippen LogP contribution in [0.3, 0.4) is 0 Å². The monoisotopic (exact) mass is 448 g/mol. The average Bonchev–Trinajstić information content (AvgIpc) is 3.47. The topological polar surface area (TPSA) is 73.0 Å². The number of fused-ring (bicyclic) bond motifs is 1. The van der Waals surface area contributed by atoms with Crippen LogP contribution in [0.15, 0.2) is 70.5 Å². The first-order chi connectivity index (χ1) is 15.0. The number of anilines is 1. The Bertz CT molecular complexity index is 1350. The molecule has 0 bridgehead atoms. The molecule has 2 aromatic carbocycles. The Hall–Kier alpha value is -3.42. The predicted octanol–water partition coefficient (Wildman–Crippen LogP) is 5.89. The molecule has 0 spiro atoms. The van der Waals surface area contributed by atoms with Crippen LogP contribution in [0.4, 0.5) is 5.82 Å². The number of hydrogen-bond donors (Lipinski definition) is 1. The Kier molecular flexibility index (Phi) is 5.05. The van der Waals surface area contributed by atoms with Gasteiger partial charge in [0.25, 0.3) is 0 Å². The van der Waals surface area contributed by atoms with Crippen molar-refractivity contribution in [3.05, 3.63) is 82.3 Å². The van der Waals surface area contributed by atoms with E-state index >= 15 is 0 Å². The molecule has 0 saturated carbocycles. The van der Waals surface area contributed by atoms with E-state index in [1.807, 2.05) is 60.8 Å². The summed E-state index contributed by atoms with van der Waals surface area (Å²) in [4.78, 5) is 17.2. The van der Waals surface area contributed by atoms with Crippen molar-refractivity contribution in [1.29, 1.82) is 0 Å². The van der Waals surface area contributed by atoms with E-state index < -0.39 is 0 Å². The fourth-order valence-corrected chi connectivity index (χ4v) is 4.19. The van der Waals surface area contributed by atoms with Crippen LogP contribution in [0.5, 0.6) is 0 Å². The predicted molar refractivity (Wildman–Crippen MR) is 123 cm³/mol. The second-order valence-electron chi connectivity index (χ2n) is 7.10. The van der Waals surface area contributed by atoms with Crippen molar-refractivity contribution in [1.82, 2.24) is 14.8 Å². The van der Waals surface area contributed by atoms with E-state index in [-0.39, 0.29) is 12.3 Å². The largest absolute Gasteiger partial charge is 0.454 e. The Morgan fingerprint density at radius 1 is 1.16 bits per heavy atom. The quantitative estimate of drug-likeness (QED) is 0.364. The smallest absolute Gasteiger partial charge is 0.229 e. The lowest BCUT2D eigenvalue weighted by molar-refractivity contribution is -0.115. The minimum atomic E-state index is -0.141. The van der Waals surface area contributed by atoms with Crippen LogP contribution in [0.1, 0.15) is 11.3 Å². The van der Waals surface area contributed by atoms with Crippen LogP contribution in [0.2, 0.25) is 5.02 Å². The molecule has 6 nitrogen and oxygen atoms in total. The molecule has 1 N–H and O–H groups in total. The maximum atomic E-state index is 12.6. The van der Waals surface area contributed by atoms with Crippen molar-refractivity contribution in [2.24, 2.45) is 0 Å². The van der Waals surface area contributed by atoms with Gasteiger partial charge in [0.15, 0.2) is 5.76 Å². The number of halogens is 1. The second kappa shape index (κ2) is 8.02. The first-order valence-electron chi connectivity index (χ1n) is 9.61. The number of carbonyl (C=O) groups excluding carboxylic acids is 1. The summed E-state index contributed by atoms with van der Waals surface area (Å²) in [6.45, 7) is 1.87. The molecule has 5 aromatic rings. The van der Waals surface area contributed by atoms with E-state index in [2.05, 4.69) is 15.4 Å². The minimum Gasteiger partial charge on any atom is -0.454 e. The Morgan fingerprint density at radius 3 is 2.77 bits per heavy atom. The van der Waals surface area contributed by atoms with E-state index in [0.29, 0.717) is 21.7 Å². The Labute approximate surface area is 187 Å². The number of nitrogens with zero attached hydrogens (tertiary/aromatic N) is 3. The highest BCUT2D eigenvalue weighted by molar-refractivity contribution is 7.12. The molecular weight excluding hydrogens is 432 g/mol. The fraction of sp³-hybridized carbons (Fsp3) is 0.0870. The molecule has 31 heavy (non-hydrogen) atoms. The number of aryl methyl sites for hydroxylation is 1. The maximum Gasteiger partial charge on any atom is 0.229 e. The summed E-state index contributed by atoms with van der Waals surface area (Å²) in [7, 11) is 0. The number of hydrogen-bond acceptors (Lipinski definition) is 5. The highest BCUT2D eigenvalue weighted by Gasteiger charge is 2.16. The average molecular weight is 449 g/mol. The third-order valence-corrected chi connectivity index (χ3v) is 5.80. The van der Waals surface area contributed by atoms with Crippen molar-refractivity contribution in [3.8, 4) is 16.6 Å². The molecule has 0 aliphatic heterocycles. The number of furan rings is 1. The van der Waals surface area contributed by atoms with Crippen LogP contribution in [-0.4, -0.2) is 20.7 Å². The zero-order chi connectivity index (χ0) is 21.4. The van der Waals surface area contributed by atoms with Gasteiger partial charge in [0.1, 0.15) is 17.1 Å². The van der Waals surface area contributed by atoms with Crippen molar-refractivity contribution in [2.45, 2.75) is 13.3 Å². The van der Waals surface area contributed by atoms with Crippen molar-refractivity contribution < 1.29 is 9.21 Å². The van der Waals surface area contributed by atoms with Gasteiger partial charge in [0, 0.05) is 21.9 Å². The van der Waals surface area contributed by atoms with Crippen LogP contribution in [0.25, 0.3) is 27.6 Å². The molecule has 0 aliphatic carbocycles. The number of benzene rings is 2. The van der Waals surface area contributed by atoms with Gasteiger partial charge in [-0.05, 0) is 36.8 Å². The van der Waals surface area contributed by atoms with E-state index in [0.717, 1.165) is 27.9 Å². The molecule has 0 atom stereocenters. The van der Waals surface area contributed by atoms with Gasteiger partial charge in [0.05, 0.1) is 12.1 Å². The normalized spacial score (nSPS) is 11.2. The fourth-order valence-electron chi connectivity index (χ4n) is 3.29. The first-order valence-corrected chi connectivity index (χ1v) is 10.9. The molecule has 3 heterocycles. The minimum absolute atomic E-state index is 0.141. The highest BCUT2D eigenvalue weighted by atomic mass is 35.5. The van der Waals surface area contributed by atoms with Gasteiger partial charge in [-0.2, -0.15) is 9.78 Å². The van der Waals surface area contributed by atoms with E-state index in [1.54, 1.807) is 16.8 Å². The van der Waals surface area contributed by atoms with Crippen LogP contribution in [0, 0.1) is 6.92 Å². The zero-order valence-corrected chi connectivity index (χ0v) is 18.1. The van der Waals surface area contributed by atoms with Gasteiger partial charge in [-0.25, -0.2) is 4.98 Å². The molecule has 3 aromatic heterocycles. The van der Waals surface area contributed by atoms with Gasteiger partial charge in [-0.1, -0.05) is 41.9 Å². The lowest BCUT2D eigenvalue weighted by atomic mass is 10.1. The Balaban J connectivity index is 1.39. The highest BCUT2D eigenvalue weighted by Crippen LogP contribution is 2.30. The van der Waals surface area contributed by atoms with Gasteiger partial charge in [0.2, 0.25) is 11.0 Å². The molecule has 0 radical (unpaired) electrons. The third-order valence-electron chi connectivity index (χ3n) is 4.73. The van der Waals surface area contributed by atoms with Gasteiger partial charge in [-0.3, -0.25) is 4.79 Å². The Morgan fingerprint density at radius 2 is 1.97 bits per heavy atom. The number of amides is 1. The summed E-state index contributed by atoms with van der Waals surface area (Å²) in [5, 5.41) is 11.7. The van der Waals surface area contributed by atoms with Gasteiger partial charge < -0.3 is 9.73 Å². The molecule has 0 fully saturated rings. The summed E-state index contributed by atoms with van der Waals surface area (Å²) in [6.07, 6.45) is 0.240. The lowest BCUT2D eigenvalue weighted by Crippen LogP contribution is -2.17. The lowest BCUT2D eigenvalue weighted by Gasteiger charge is -2.07. The SMILES string of the molecule is Cc1cc(NC(=O)Cc2ccc(Cl)cc2)n(-c2nc(-c3cc4ccccc4o3)cs2)n1. The molecular formula is C23H17ClN4O2S. The molecule has 1 amide bonds. The van der Waals surface area contributed by atoms with Gasteiger partial charge >= 0.3 is 0 Å². The third kappa shape index (κ3) is 4.10. The maximum absolute atomic E-state index is 12.6. The number of rotatable bonds is 5. The van der Waals surface area contributed by atoms with Gasteiger partial charge in [-0.15, -0.1) is 11.3 Å². The van der Waals surface area contributed by atoms with Crippen LogP contribution in [-0.2, 0) is 11.2 Å². The summed E-state index contributed by atoms with van der Waals surface area (Å²) in [6, 6.07) is 18.8. The summed E-state index contributed by atoms with van der Waals surface area (Å²) in [5.74, 6) is 1.13. The van der Waals surface area contributed by atoms with Crippen LogP contribution >= 0.6 is 22.9 Å². The summed E-state index contributed by atoms with van der Waals surface area (Å²) >= 11 is 7.34. The van der Waals surface area contributed by atoms with E-state index in [4.69, 9.17) is 16.0 Å². The molecule has 0 aliphatic rings. The number of aromatic nitrogens is 3. The molecule has 154 valence electrons. The van der Waals surface area contributed by atoms with Crippen molar-refractivity contribution >= 4 is 45.6 Å². The molecule has 5 rings (SSSR count). The second-order valence-corrected chi connectivity index (χ2v) is 8.37. The number of thiazole rings is 1. The van der Waals surface area contributed by atoms with Crippen molar-refractivity contribution in [3.63, 3.8) is 0 Å². The number of nitrogens with one attached hydrogen (secondary N) is 1. The van der Waals surface area contributed by atoms with Crippen LogP contribution < -0.4 is 5.32 Å². The zero-order valence-electron chi connectivity index (χ0n) is 16.5. The molecule has 0 saturated heterocycles. The van der Waals surface area contributed by atoms with E-state index in [9.17, 15) is 4.79 Å². The molecule has 0 unspecified atom stereocenters. The number of carbonyl (C=O) groups is 1. The van der Waals surface area contributed by atoms with E-state index in [1.165, 1.54) is 11.3 Å². The standard InChI is InChI=1S/C23H17ClN4O2S/c1-14-10-21(26-22(29)11-15-6-8-17(24)9-7-15)28(27-14)23-25-18(13-31-23)20-12-16-4-2-3-5-19(16)30-20/h2-10,12-13H,11H2,1H3,(H,26,29). The number of para-hydroxylation sites is 1. The molecule has 8 heteroatoms. The van der Waals surface area contributed by atoms with Crippen molar-refractivity contribution in [2.75, 3.05) is 5.32 Å². The summed E-state index contributed by atoms with van der Waals surface area (Å²) < 4.78 is 7.56. The summed E-state index contributed by atoms with van der Waals surface area (Å²) in [5.41, 5.74) is 3.20. The first kappa shape index (κ1) is 19.5.